The van der Waals surface area contributed by atoms with Gasteiger partial charge in [0.1, 0.15) is 11.5 Å². The highest BCUT2D eigenvalue weighted by Gasteiger charge is 2.13. The van der Waals surface area contributed by atoms with Gasteiger partial charge < -0.3 is 20.5 Å². The average Bonchev–Trinajstić information content (AvgIpc) is 2.76. The summed E-state index contributed by atoms with van der Waals surface area (Å²) in [5.74, 6) is 1.93. The number of aromatic nitrogens is 1. The number of methoxy groups -OCH3 is 1. The molecule has 0 unspecified atom stereocenters. The summed E-state index contributed by atoms with van der Waals surface area (Å²) in [7, 11) is 1.57. The van der Waals surface area contributed by atoms with Crippen molar-refractivity contribution in [2.45, 2.75) is 12.8 Å². The minimum atomic E-state index is 0.341. The second-order valence-electron chi connectivity index (χ2n) is 6.26. The van der Waals surface area contributed by atoms with Crippen LogP contribution in [-0.4, -0.2) is 12.1 Å². The van der Waals surface area contributed by atoms with Crippen LogP contribution in [0, 0.1) is 22.7 Å². The van der Waals surface area contributed by atoms with Crippen molar-refractivity contribution in [1.29, 1.82) is 10.5 Å². The number of pyridine rings is 1. The molecule has 0 spiro atoms. The number of nitrogens with zero attached hydrogens (tertiary/aromatic N) is 3. The molecule has 3 rings (SSSR count). The van der Waals surface area contributed by atoms with Crippen molar-refractivity contribution in [2.75, 3.05) is 18.2 Å². The largest absolute Gasteiger partial charge is 0.496 e. The van der Waals surface area contributed by atoms with E-state index in [4.69, 9.17) is 25.7 Å². The summed E-state index contributed by atoms with van der Waals surface area (Å²) in [4.78, 5) is 4.45. The SMILES string of the molecule is COc1cc(Oc2ccc(N)c(Nc3ccc(C#N)cc3)n2)c(Br)cc1CCC#N. The highest BCUT2D eigenvalue weighted by Crippen LogP contribution is 2.36. The molecule has 3 aromatic rings. The Morgan fingerprint density at radius 2 is 1.87 bits per heavy atom. The zero-order chi connectivity index (χ0) is 21.5. The fraction of sp³-hybridized carbons (Fsp3) is 0.136. The second-order valence-corrected chi connectivity index (χ2v) is 7.11. The zero-order valence-corrected chi connectivity index (χ0v) is 17.7. The number of nitrogen functional groups attached to an aromatic ring is 1. The molecule has 0 aliphatic carbocycles. The monoisotopic (exact) mass is 463 g/mol. The lowest BCUT2D eigenvalue weighted by atomic mass is 10.1. The van der Waals surface area contributed by atoms with Gasteiger partial charge in [-0.1, -0.05) is 0 Å². The molecule has 150 valence electrons. The highest BCUT2D eigenvalue weighted by molar-refractivity contribution is 9.10. The van der Waals surface area contributed by atoms with E-state index >= 15 is 0 Å². The van der Waals surface area contributed by atoms with Crippen LogP contribution >= 0.6 is 15.9 Å². The number of ether oxygens (including phenoxy) is 2. The topological polar surface area (TPSA) is 117 Å². The normalized spacial score (nSPS) is 10.0. The number of nitrogens with one attached hydrogen (secondary N) is 1. The second kappa shape index (κ2) is 9.64. The maximum atomic E-state index is 8.91. The number of anilines is 3. The number of hydrogen-bond donors (Lipinski definition) is 2. The summed E-state index contributed by atoms with van der Waals surface area (Å²) in [6.07, 6.45) is 0.976. The van der Waals surface area contributed by atoms with Crippen molar-refractivity contribution < 1.29 is 9.47 Å². The summed E-state index contributed by atoms with van der Waals surface area (Å²) < 4.78 is 12.1. The molecule has 0 aliphatic rings. The van der Waals surface area contributed by atoms with E-state index in [1.165, 1.54) is 0 Å². The van der Waals surface area contributed by atoms with Crippen LogP contribution in [-0.2, 0) is 6.42 Å². The Balaban J connectivity index is 1.84. The van der Waals surface area contributed by atoms with E-state index in [0.29, 0.717) is 47.3 Å². The Hall–Kier alpha value is -3.75. The van der Waals surface area contributed by atoms with Crippen LogP contribution in [0.4, 0.5) is 17.2 Å². The number of aryl methyl sites for hydroxylation is 1. The molecule has 30 heavy (non-hydrogen) atoms. The van der Waals surface area contributed by atoms with Crippen LogP contribution in [0.2, 0.25) is 0 Å². The van der Waals surface area contributed by atoms with E-state index in [1.807, 2.05) is 6.07 Å². The molecule has 0 radical (unpaired) electrons. The summed E-state index contributed by atoms with van der Waals surface area (Å²) >= 11 is 3.50. The van der Waals surface area contributed by atoms with E-state index in [0.717, 1.165) is 15.7 Å². The maximum Gasteiger partial charge on any atom is 0.221 e. The van der Waals surface area contributed by atoms with Crippen LogP contribution in [0.5, 0.6) is 17.4 Å². The average molecular weight is 464 g/mol. The molecular formula is C22H18BrN5O2. The van der Waals surface area contributed by atoms with Gasteiger partial charge in [0.05, 0.1) is 35.0 Å². The van der Waals surface area contributed by atoms with Crippen molar-refractivity contribution in [3.8, 4) is 29.5 Å². The van der Waals surface area contributed by atoms with E-state index in [9.17, 15) is 0 Å². The number of hydrogen-bond acceptors (Lipinski definition) is 7. The molecule has 3 N–H and O–H groups in total. The number of nitriles is 2. The van der Waals surface area contributed by atoms with Gasteiger partial charge in [-0.05, 0) is 64.3 Å². The van der Waals surface area contributed by atoms with Gasteiger partial charge >= 0.3 is 0 Å². The third-order valence-corrected chi connectivity index (χ3v) is 4.85. The number of rotatable bonds is 7. The van der Waals surface area contributed by atoms with Crippen LogP contribution in [0.1, 0.15) is 17.5 Å². The molecule has 0 saturated carbocycles. The van der Waals surface area contributed by atoms with Gasteiger partial charge in [0.15, 0.2) is 5.82 Å². The first-order valence-corrected chi connectivity index (χ1v) is 9.78. The molecule has 0 saturated heterocycles. The Labute approximate surface area is 182 Å². The van der Waals surface area contributed by atoms with Gasteiger partial charge in [0, 0.05) is 24.2 Å². The fourth-order valence-electron chi connectivity index (χ4n) is 2.72. The van der Waals surface area contributed by atoms with Gasteiger partial charge in [0.2, 0.25) is 5.88 Å². The number of halogens is 1. The van der Waals surface area contributed by atoms with Crippen molar-refractivity contribution in [1.82, 2.24) is 4.98 Å². The van der Waals surface area contributed by atoms with Crippen LogP contribution in [0.3, 0.4) is 0 Å². The van der Waals surface area contributed by atoms with Gasteiger partial charge in [-0.25, -0.2) is 0 Å². The first-order valence-electron chi connectivity index (χ1n) is 8.99. The van der Waals surface area contributed by atoms with E-state index < -0.39 is 0 Å². The standard InChI is InChI=1S/C22H18BrN5O2/c1-29-19-12-20(17(23)11-15(19)3-2-10-24)30-21-9-8-18(26)22(28-21)27-16-6-4-14(13-25)5-7-16/h4-9,11-12H,2-3,26H2,1H3,(H,27,28). The predicted molar refractivity (Wildman–Crippen MR) is 118 cm³/mol. The van der Waals surface area contributed by atoms with Gasteiger partial charge in [-0.3, -0.25) is 0 Å². The lowest BCUT2D eigenvalue weighted by Gasteiger charge is -2.14. The molecule has 1 heterocycles. The van der Waals surface area contributed by atoms with E-state index in [-0.39, 0.29) is 0 Å². The summed E-state index contributed by atoms with van der Waals surface area (Å²) in [6.45, 7) is 0. The highest BCUT2D eigenvalue weighted by atomic mass is 79.9. The predicted octanol–water partition coefficient (Wildman–Crippen LogP) is 5.30. The first kappa shape index (κ1) is 21.0. The number of benzene rings is 2. The Morgan fingerprint density at radius 3 is 2.53 bits per heavy atom. The van der Waals surface area contributed by atoms with E-state index in [2.05, 4.69) is 38.4 Å². The minimum Gasteiger partial charge on any atom is -0.496 e. The summed E-state index contributed by atoms with van der Waals surface area (Å²) in [6, 6.07) is 18.2. The Kier molecular flexibility index (Phi) is 6.74. The first-order chi connectivity index (χ1) is 14.5. The molecule has 8 heteroatoms. The van der Waals surface area contributed by atoms with Gasteiger partial charge in [0.25, 0.3) is 0 Å². The molecule has 0 aliphatic heterocycles. The molecule has 0 amide bonds. The smallest absolute Gasteiger partial charge is 0.221 e. The quantitative estimate of drug-likeness (QED) is 0.487. The molecule has 1 aromatic heterocycles. The van der Waals surface area contributed by atoms with Gasteiger partial charge in [-0.15, -0.1) is 0 Å². The van der Waals surface area contributed by atoms with E-state index in [1.54, 1.807) is 49.6 Å². The van der Waals surface area contributed by atoms with Crippen molar-refractivity contribution in [3.63, 3.8) is 0 Å². The maximum absolute atomic E-state index is 8.91. The van der Waals surface area contributed by atoms with Crippen molar-refractivity contribution in [2.24, 2.45) is 0 Å². The lowest BCUT2D eigenvalue weighted by Crippen LogP contribution is -2.01. The number of nitrogens with two attached hydrogens (primary N) is 1. The minimum absolute atomic E-state index is 0.341. The summed E-state index contributed by atoms with van der Waals surface area (Å²) in [5, 5.41) is 20.9. The summed E-state index contributed by atoms with van der Waals surface area (Å²) in [5.41, 5.74) is 8.71. The molecule has 2 aromatic carbocycles. The molecule has 7 nitrogen and oxygen atoms in total. The van der Waals surface area contributed by atoms with Gasteiger partial charge in [-0.2, -0.15) is 15.5 Å². The molecule has 0 fully saturated rings. The van der Waals surface area contributed by atoms with Crippen LogP contribution < -0.4 is 20.5 Å². The fourth-order valence-corrected chi connectivity index (χ4v) is 3.19. The van der Waals surface area contributed by atoms with Crippen LogP contribution in [0.25, 0.3) is 0 Å². The Bertz CT molecular complexity index is 1130. The van der Waals surface area contributed by atoms with Crippen LogP contribution in [0.15, 0.2) is 53.0 Å². The Morgan fingerprint density at radius 1 is 1.10 bits per heavy atom. The molecular weight excluding hydrogens is 446 g/mol. The van der Waals surface area contributed by atoms with Crippen molar-refractivity contribution >= 4 is 33.1 Å². The molecule has 0 bridgehead atoms. The third kappa shape index (κ3) is 4.99. The molecule has 0 atom stereocenters. The van der Waals surface area contributed by atoms with Crippen molar-refractivity contribution in [3.05, 3.63) is 64.1 Å². The zero-order valence-electron chi connectivity index (χ0n) is 16.1. The lowest BCUT2D eigenvalue weighted by molar-refractivity contribution is 0.402. The third-order valence-electron chi connectivity index (χ3n) is 4.23.